The van der Waals surface area contributed by atoms with Crippen molar-refractivity contribution in [2.75, 3.05) is 4.90 Å². The number of halogens is 1. The second-order valence-electron chi connectivity index (χ2n) is 8.14. The molecule has 0 unspecified atom stereocenters. The van der Waals surface area contributed by atoms with Gasteiger partial charge in [0, 0.05) is 29.6 Å². The lowest BCUT2D eigenvalue weighted by Gasteiger charge is -2.26. The molecule has 1 saturated heterocycles. The molecule has 186 valence electrons. The number of nitro benzene ring substituents is 1. The second kappa shape index (κ2) is 10.2. The van der Waals surface area contributed by atoms with Crippen molar-refractivity contribution in [3.05, 3.63) is 117 Å². The van der Waals surface area contributed by atoms with Gasteiger partial charge < -0.3 is 4.57 Å². The van der Waals surface area contributed by atoms with Crippen molar-refractivity contribution >= 4 is 41.4 Å². The van der Waals surface area contributed by atoms with Crippen molar-refractivity contribution in [2.45, 2.75) is 13.5 Å². The molecule has 1 N–H and O–H groups in total. The standard InChI is InChI=1S/C27H21FN4O5/c1-3-4-9-24-17(2)19(16-30(24)15-18-7-5-6-8-23(18)28)14-22-25(33)29-27(35)31(26(22)34)20-10-12-21(13-11-20)32(36)37/h3-14,16H,1,15H2,2H3,(H,29,33,35)/b9-4-,22-14-. The Kier molecular flexibility index (Phi) is 6.92. The van der Waals surface area contributed by atoms with Crippen LogP contribution in [0.1, 0.15) is 22.4 Å². The molecular weight excluding hydrogens is 479 g/mol. The molecule has 1 aromatic heterocycles. The Bertz CT molecular complexity index is 1500. The Morgan fingerprint density at radius 1 is 1.11 bits per heavy atom. The second-order valence-corrected chi connectivity index (χ2v) is 8.14. The summed E-state index contributed by atoms with van der Waals surface area (Å²) in [6, 6.07) is 10.2. The minimum atomic E-state index is -0.968. The monoisotopic (exact) mass is 500 g/mol. The lowest BCUT2D eigenvalue weighted by Crippen LogP contribution is -2.54. The van der Waals surface area contributed by atoms with E-state index in [9.17, 15) is 28.9 Å². The molecular formula is C27H21FN4O5. The summed E-state index contributed by atoms with van der Waals surface area (Å²) in [7, 11) is 0. The number of aromatic nitrogens is 1. The van der Waals surface area contributed by atoms with E-state index < -0.39 is 22.8 Å². The molecule has 2 heterocycles. The largest absolute Gasteiger partial charge is 0.343 e. The molecule has 37 heavy (non-hydrogen) atoms. The number of hydrogen-bond donors (Lipinski definition) is 1. The Hall–Kier alpha value is -5.12. The molecule has 3 aromatic rings. The number of nitrogens with one attached hydrogen (secondary N) is 1. The number of allylic oxidation sites excluding steroid dienone is 2. The SMILES string of the molecule is C=C/C=C\c1c(C)c(/C=C2/C(=O)NC(=O)N(c3ccc([N+](=O)[O-])cc3)C2=O)cn1Cc1ccccc1F. The predicted molar refractivity (Wildman–Crippen MR) is 136 cm³/mol. The molecule has 4 amide bonds. The van der Waals surface area contributed by atoms with E-state index in [1.54, 1.807) is 54.1 Å². The fourth-order valence-corrected chi connectivity index (χ4v) is 3.93. The minimum absolute atomic E-state index is 0.0648. The maximum atomic E-state index is 14.3. The molecule has 1 aliphatic rings. The number of benzene rings is 2. The van der Waals surface area contributed by atoms with Gasteiger partial charge in [0.25, 0.3) is 17.5 Å². The lowest BCUT2D eigenvalue weighted by atomic mass is 10.1. The summed E-state index contributed by atoms with van der Waals surface area (Å²) in [6.07, 6.45) is 8.13. The van der Waals surface area contributed by atoms with Gasteiger partial charge in [-0.25, -0.2) is 14.1 Å². The number of carbonyl (C=O) groups excluding carboxylic acids is 3. The van der Waals surface area contributed by atoms with E-state index in [2.05, 4.69) is 11.9 Å². The predicted octanol–water partition coefficient (Wildman–Crippen LogP) is 4.76. The molecule has 0 spiro atoms. The highest BCUT2D eigenvalue weighted by atomic mass is 19.1. The third kappa shape index (κ3) is 4.98. The first-order valence-corrected chi connectivity index (χ1v) is 11.1. The van der Waals surface area contributed by atoms with Crippen LogP contribution in [0.25, 0.3) is 12.2 Å². The molecule has 10 heteroatoms. The number of anilines is 1. The van der Waals surface area contributed by atoms with Gasteiger partial charge in [-0.05, 0) is 48.4 Å². The van der Waals surface area contributed by atoms with Crippen LogP contribution in [0.2, 0.25) is 0 Å². The first-order chi connectivity index (χ1) is 17.7. The zero-order valence-corrected chi connectivity index (χ0v) is 19.7. The van der Waals surface area contributed by atoms with Crippen molar-refractivity contribution in [3.8, 4) is 0 Å². The maximum Gasteiger partial charge on any atom is 0.335 e. The van der Waals surface area contributed by atoms with Gasteiger partial charge in [0.15, 0.2) is 0 Å². The molecule has 1 fully saturated rings. The number of barbiturate groups is 1. The van der Waals surface area contributed by atoms with Crippen LogP contribution >= 0.6 is 0 Å². The molecule has 4 rings (SSSR count). The van der Waals surface area contributed by atoms with E-state index in [4.69, 9.17) is 0 Å². The number of hydrogen-bond acceptors (Lipinski definition) is 5. The summed E-state index contributed by atoms with van der Waals surface area (Å²) in [6.45, 7) is 5.66. The van der Waals surface area contributed by atoms with Gasteiger partial charge in [-0.2, -0.15) is 0 Å². The zero-order chi connectivity index (χ0) is 26.7. The van der Waals surface area contributed by atoms with Crippen molar-refractivity contribution < 1.29 is 23.7 Å². The number of imide groups is 2. The quantitative estimate of drug-likeness (QED) is 0.165. The Morgan fingerprint density at radius 3 is 2.46 bits per heavy atom. The summed E-state index contributed by atoms with van der Waals surface area (Å²) >= 11 is 0. The number of carbonyl (C=O) groups is 3. The van der Waals surface area contributed by atoms with Crippen molar-refractivity contribution in [1.29, 1.82) is 0 Å². The lowest BCUT2D eigenvalue weighted by molar-refractivity contribution is -0.384. The van der Waals surface area contributed by atoms with Crippen molar-refractivity contribution in [3.63, 3.8) is 0 Å². The molecule has 9 nitrogen and oxygen atoms in total. The van der Waals surface area contributed by atoms with Crippen LogP contribution in [-0.4, -0.2) is 27.3 Å². The summed E-state index contributed by atoms with van der Waals surface area (Å²) in [5.41, 5.74) is 1.93. The van der Waals surface area contributed by atoms with Gasteiger partial charge in [0.2, 0.25) is 0 Å². The van der Waals surface area contributed by atoms with Crippen LogP contribution in [0.4, 0.5) is 20.6 Å². The molecule has 0 atom stereocenters. The molecule has 2 aromatic carbocycles. The molecule has 0 aliphatic carbocycles. The van der Waals surface area contributed by atoms with Gasteiger partial charge >= 0.3 is 6.03 Å². The van der Waals surface area contributed by atoms with Crippen molar-refractivity contribution in [1.82, 2.24) is 9.88 Å². The van der Waals surface area contributed by atoms with Crippen LogP contribution < -0.4 is 10.2 Å². The van der Waals surface area contributed by atoms with Crippen LogP contribution in [0.5, 0.6) is 0 Å². The first kappa shape index (κ1) is 25.0. The van der Waals surface area contributed by atoms with E-state index in [0.29, 0.717) is 22.4 Å². The number of amides is 4. The summed E-state index contributed by atoms with van der Waals surface area (Å²) < 4.78 is 16.1. The Balaban J connectivity index is 1.75. The third-order valence-corrected chi connectivity index (χ3v) is 5.83. The summed E-state index contributed by atoms with van der Waals surface area (Å²) in [4.78, 5) is 49.4. The van der Waals surface area contributed by atoms with Gasteiger partial charge in [-0.15, -0.1) is 0 Å². The summed E-state index contributed by atoms with van der Waals surface area (Å²) in [5, 5.41) is 13.1. The van der Waals surface area contributed by atoms with E-state index in [0.717, 1.165) is 17.0 Å². The molecule has 0 saturated carbocycles. The fourth-order valence-electron chi connectivity index (χ4n) is 3.93. The average Bonchev–Trinajstić information content (AvgIpc) is 3.15. The highest BCUT2D eigenvalue weighted by Gasteiger charge is 2.37. The number of urea groups is 1. The fraction of sp³-hybridized carbons (Fsp3) is 0.0741. The number of nitro groups is 1. The molecule has 1 aliphatic heterocycles. The smallest absolute Gasteiger partial charge is 0.335 e. The Labute approximate surface area is 211 Å². The number of rotatable bonds is 7. The van der Waals surface area contributed by atoms with Gasteiger partial charge in [-0.1, -0.05) is 36.9 Å². The van der Waals surface area contributed by atoms with Crippen LogP contribution in [0.3, 0.4) is 0 Å². The van der Waals surface area contributed by atoms with Gasteiger partial charge in [-0.3, -0.25) is 25.0 Å². The van der Waals surface area contributed by atoms with Crippen LogP contribution in [-0.2, 0) is 16.1 Å². The van der Waals surface area contributed by atoms with Crippen molar-refractivity contribution in [2.24, 2.45) is 0 Å². The van der Waals surface area contributed by atoms with Crippen LogP contribution in [0, 0.1) is 22.9 Å². The van der Waals surface area contributed by atoms with Gasteiger partial charge in [0.05, 0.1) is 17.2 Å². The topological polar surface area (TPSA) is 115 Å². The molecule has 0 bridgehead atoms. The van der Waals surface area contributed by atoms with E-state index in [1.807, 2.05) is 0 Å². The minimum Gasteiger partial charge on any atom is -0.343 e. The average molecular weight is 500 g/mol. The number of nitrogens with zero attached hydrogens (tertiary/aromatic N) is 3. The zero-order valence-electron chi connectivity index (χ0n) is 19.7. The third-order valence-electron chi connectivity index (χ3n) is 5.83. The number of non-ortho nitro benzene ring substituents is 1. The molecule has 0 radical (unpaired) electrons. The maximum absolute atomic E-state index is 14.3. The first-order valence-electron chi connectivity index (χ1n) is 11.1. The highest BCUT2D eigenvalue weighted by Crippen LogP contribution is 2.27. The highest BCUT2D eigenvalue weighted by molar-refractivity contribution is 6.39. The Morgan fingerprint density at radius 2 is 1.81 bits per heavy atom. The van der Waals surface area contributed by atoms with E-state index >= 15 is 0 Å². The van der Waals surface area contributed by atoms with E-state index in [-0.39, 0.29) is 29.3 Å². The normalized spacial score (nSPS) is 14.9. The van der Waals surface area contributed by atoms with Crippen LogP contribution in [0.15, 0.2) is 79.0 Å². The van der Waals surface area contributed by atoms with E-state index in [1.165, 1.54) is 24.3 Å². The summed E-state index contributed by atoms with van der Waals surface area (Å²) in [5.74, 6) is -2.13. The van der Waals surface area contributed by atoms with Gasteiger partial charge in [0.1, 0.15) is 11.4 Å².